The molecule has 2 N–H and O–H groups in total. The number of hydrogen-bond acceptors (Lipinski definition) is 7. The summed E-state index contributed by atoms with van der Waals surface area (Å²) in [6.07, 6.45) is 1.19. The Hall–Kier alpha value is -3.50. The van der Waals surface area contributed by atoms with Crippen LogP contribution in [0, 0.1) is 0 Å². The Kier molecular flexibility index (Phi) is 7.96. The third kappa shape index (κ3) is 6.05. The second kappa shape index (κ2) is 10.9. The van der Waals surface area contributed by atoms with Gasteiger partial charge in [-0.1, -0.05) is 29.4 Å². The van der Waals surface area contributed by atoms with E-state index in [1.54, 1.807) is 42.5 Å². The van der Waals surface area contributed by atoms with Crippen molar-refractivity contribution in [1.82, 2.24) is 9.55 Å². The molecule has 1 heterocycles. The number of ether oxygens (including phenoxy) is 2. The topological polar surface area (TPSA) is 112 Å². The Labute approximate surface area is 199 Å². The number of benzene rings is 2. The molecule has 0 unspecified atom stereocenters. The van der Waals surface area contributed by atoms with Crippen molar-refractivity contribution in [3.05, 3.63) is 69.6 Å². The minimum Gasteiger partial charge on any atom is -0.497 e. The summed E-state index contributed by atoms with van der Waals surface area (Å²) in [4.78, 5) is 41.8. The first-order chi connectivity index (χ1) is 15.8. The van der Waals surface area contributed by atoms with Crippen LogP contribution in [0.5, 0.6) is 11.5 Å². The molecule has 33 heavy (non-hydrogen) atoms. The number of hydrogen-bond donors (Lipinski definition) is 2. The third-order valence-electron chi connectivity index (χ3n) is 4.47. The SMILES string of the molecule is COc1cccc(NC(=O)c2cnc(SCC(=O)Nc3cc(Cl)ccc3OC)n(C)c2=O)c1. The fourth-order valence-corrected chi connectivity index (χ4v) is 3.72. The monoisotopic (exact) mass is 488 g/mol. The molecule has 2 aromatic carbocycles. The number of rotatable bonds is 8. The van der Waals surface area contributed by atoms with Crippen molar-refractivity contribution < 1.29 is 19.1 Å². The average molecular weight is 489 g/mol. The lowest BCUT2D eigenvalue weighted by Gasteiger charge is -2.12. The van der Waals surface area contributed by atoms with Crippen molar-refractivity contribution >= 4 is 46.6 Å². The Morgan fingerprint density at radius 1 is 1.12 bits per heavy atom. The maximum absolute atomic E-state index is 12.7. The fraction of sp³-hybridized carbons (Fsp3) is 0.182. The number of nitrogens with one attached hydrogen (secondary N) is 2. The Morgan fingerprint density at radius 2 is 1.91 bits per heavy atom. The van der Waals surface area contributed by atoms with Crippen LogP contribution in [0.2, 0.25) is 5.02 Å². The summed E-state index contributed by atoms with van der Waals surface area (Å²) >= 11 is 7.03. The third-order valence-corrected chi connectivity index (χ3v) is 5.75. The first-order valence-electron chi connectivity index (χ1n) is 9.60. The van der Waals surface area contributed by atoms with Crippen LogP contribution in [-0.2, 0) is 11.8 Å². The van der Waals surface area contributed by atoms with Gasteiger partial charge in [0.2, 0.25) is 5.91 Å². The predicted octanol–water partition coefficient (Wildman–Crippen LogP) is 3.43. The number of methoxy groups -OCH3 is 2. The summed E-state index contributed by atoms with van der Waals surface area (Å²) in [5.41, 5.74) is 0.248. The van der Waals surface area contributed by atoms with E-state index in [0.717, 1.165) is 11.8 Å². The minimum absolute atomic E-state index is 0.0225. The molecule has 0 saturated carbocycles. The molecule has 1 aromatic heterocycles. The van der Waals surface area contributed by atoms with E-state index in [0.29, 0.717) is 27.9 Å². The normalized spacial score (nSPS) is 10.4. The molecule has 11 heteroatoms. The van der Waals surface area contributed by atoms with Crippen LogP contribution in [0.3, 0.4) is 0 Å². The van der Waals surface area contributed by atoms with E-state index in [9.17, 15) is 14.4 Å². The highest BCUT2D eigenvalue weighted by Crippen LogP contribution is 2.28. The zero-order chi connectivity index (χ0) is 24.0. The lowest BCUT2D eigenvalue weighted by molar-refractivity contribution is -0.113. The van der Waals surface area contributed by atoms with Crippen LogP contribution in [0.15, 0.2) is 58.6 Å². The van der Waals surface area contributed by atoms with Crippen LogP contribution in [-0.4, -0.2) is 41.3 Å². The van der Waals surface area contributed by atoms with Crippen LogP contribution in [0.1, 0.15) is 10.4 Å². The largest absolute Gasteiger partial charge is 0.497 e. The molecule has 0 aliphatic rings. The van der Waals surface area contributed by atoms with Crippen molar-refractivity contribution in [2.24, 2.45) is 7.05 Å². The molecule has 0 radical (unpaired) electrons. The number of carbonyl (C=O) groups excluding carboxylic acids is 2. The smallest absolute Gasteiger partial charge is 0.266 e. The van der Waals surface area contributed by atoms with Crippen molar-refractivity contribution in [2.75, 3.05) is 30.6 Å². The molecule has 0 bridgehead atoms. The highest BCUT2D eigenvalue weighted by Gasteiger charge is 2.17. The molecule has 9 nitrogen and oxygen atoms in total. The Morgan fingerprint density at radius 3 is 2.64 bits per heavy atom. The molecule has 0 aliphatic carbocycles. The lowest BCUT2D eigenvalue weighted by Crippen LogP contribution is -2.29. The highest BCUT2D eigenvalue weighted by atomic mass is 35.5. The number of amides is 2. The number of nitrogens with zero attached hydrogens (tertiary/aromatic N) is 2. The van der Waals surface area contributed by atoms with E-state index in [1.165, 1.54) is 32.0 Å². The first-order valence-corrected chi connectivity index (χ1v) is 11.0. The van der Waals surface area contributed by atoms with Crippen LogP contribution in [0.25, 0.3) is 0 Å². The highest BCUT2D eigenvalue weighted by molar-refractivity contribution is 7.99. The average Bonchev–Trinajstić information content (AvgIpc) is 2.80. The van der Waals surface area contributed by atoms with E-state index in [1.807, 2.05) is 0 Å². The quantitative estimate of drug-likeness (QED) is 0.369. The summed E-state index contributed by atoms with van der Waals surface area (Å²) in [6, 6.07) is 11.6. The molecule has 0 fully saturated rings. The van der Waals surface area contributed by atoms with Crippen molar-refractivity contribution in [3.63, 3.8) is 0 Å². The molecule has 172 valence electrons. The van der Waals surface area contributed by atoms with Gasteiger partial charge in [0.25, 0.3) is 11.5 Å². The van der Waals surface area contributed by atoms with Crippen molar-refractivity contribution in [3.8, 4) is 11.5 Å². The van der Waals surface area contributed by atoms with E-state index < -0.39 is 11.5 Å². The first kappa shape index (κ1) is 24.1. The van der Waals surface area contributed by atoms with Gasteiger partial charge in [-0.3, -0.25) is 19.0 Å². The molecule has 0 spiro atoms. The number of halogens is 1. The van der Waals surface area contributed by atoms with Crippen LogP contribution >= 0.6 is 23.4 Å². The minimum atomic E-state index is -0.598. The van der Waals surface area contributed by atoms with Gasteiger partial charge in [-0.25, -0.2) is 4.98 Å². The van der Waals surface area contributed by atoms with E-state index in [4.69, 9.17) is 21.1 Å². The summed E-state index contributed by atoms with van der Waals surface area (Å²) in [5, 5.41) is 6.09. The van der Waals surface area contributed by atoms with E-state index in [2.05, 4.69) is 15.6 Å². The van der Waals surface area contributed by atoms with Crippen LogP contribution < -0.4 is 25.7 Å². The van der Waals surface area contributed by atoms with Gasteiger partial charge in [0, 0.05) is 30.0 Å². The standard InChI is InChI=1S/C22H21ClN4O5S/c1-27-21(30)16(20(29)25-14-5-4-6-15(10-14)31-2)11-24-22(27)33-12-19(28)26-17-9-13(23)7-8-18(17)32-3/h4-11H,12H2,1-3H3,(H,25,29)(H,26,28). The second-order valence-corrected chi connectivity index (χ2v) is 8.07. The summed E-state index contributed by atoms with van der Waals surface area (Å²) in [6.45, 7) is 0. The van der Waals surface area contributed by atoms with Gasteiger partial charge in [0.1, 0.15) is 17.1 Å². The van der Waals surface area contributed by atoms with Crippen molar-refractivity contribution in [1.29, 1.82) is 0 Å². The predicted molar refractivity (Wildman–Crippen MR) is 128 cm³/mol. The summed E-state index contributed by atoms with van der Waals surface area (Å²) in [5.74, 6) is 0.0768. The van der Waals surface area contributed by atoms with Crippen LogP contribution in [0.4, 0.5) is 11.4 Å². The number of thioether (sulfide) groups is 1. The number of anilines is 2. The van der Waals surface area contributed by atoms with Gasteiger partial charge in [-0.2, -0.15) is 0 Å². The zero-order valence-electron chi connectivity index (χ0n) is 18.0. The molecule has 0 saturated heterocycles. The molecule has 0 atom stereocenters. The molecular formula is C22H21ClN4O5S. The second-order valence-electron chi connectivity index (χ2n) is 6.69. The molecule has 3 rings (SSSR count). The van der Waals surface area contributed by atoms with Gasteiger partial charge in [-0.05, 0) is 30.3 Å². The zero-order valence-corrected chi connectivity index (χ0v) is 19.6. The number of aromatic nitrogens is 2. The van der Waals surface area contributed by atoms with E-state index >= 15 is 0 Å². The maximum Gasteiger partial charge on any atom is 0.266 e. The Bertz CT molecular complexity index is 1250. The van der Waals surface area contributed by atoms with Gasteiger partial charge < -0.3 is 20.1 Å². The lowest BCUT2D eigenvalue weighted by atomic mass is 10.2. The van der Waals surface area contributed by atoms with E-state index in [-0.39, 0.29) is 22.4 Å². The molecular weight excluding hydrogens is 468 g/mol. The van der Waals surface area contributed by atoms with Gasteiger partial charge in [0.15, 0.2) is 5.16 Å². The van der Waals surface area contributed by atoms with Gasteiger partial charge >= 0.3 is 0 Å². The van der Waals surface area contributed by atoms with Gasteiger partial charge in [0.05, 0.1) is 25.7 Å². The molecule has 2 amide bonds. The van der Waals surface area contributed by atoms with Crippen molar-refractivity contribution in [2.45, 2.75) is 5.16 Å². The molecule has 3 aromatic rings. The summed E-state index contributed by atoms with van der Waals surface area (Å²) in [7, 11) is 4.49. The maximum atomic E-state index is 12.7. The van der Waals surface area contributed by atoms with Gasteiger partial charge in [-0.15, -0.1) is 0 Å². The number of carbonyl (C=O) groups is 2. The molecule has 0 aliphatic heterocycles. The Balaban J connectivity index is 1.67. The summed E-state index contributed by atoms with van der Waals surface area (Å²) < 4.78 is 11.6. The fourth-order valence-electron chi connectivity index (χ4n) is 2.81.